The summed E-state index contributed by atoms with van der Waals surface area (Å²) in [6, 6.07) is 4.53. The van der Waals surface area contributed by atoms with Crippen LogP contribution < -0.4 is 5.32 Å². The van der Waals surface area contributed by atoms with E-state index in [-0.39, 0.29) is 30.0 Å². The highest BCUT2D eigenvalue weighted by Crippen LogP contribution is 2.25. The largest absolute Gasteiger partial charge is 0.506 e. The molecule has 1 aliphatic rings. The minimum atomic E-state index is -0.455. The van der Waals surface area contributed by atoms with E-state index in [1.165, 1.54) is 18.2 Å². The second-order valence-corrected chi connectivity index (χ2v) is 6.00. The fourth-order valence-electron chi connectivity index (χ4n) is 2.93. The van der Waals surface area contributed by atoms with Crippen LogP contribution in [0.1, 0.15) is 23.7 Å². The predicted octanol–water partition coefficient (Wildman–Crippen LogP) is 1.05. The minimum absolute atomic E-state index is 0.106. The molecule has 25 heavy (non-hydrogen) atoms. The van der Waals surface area contributed by atoms with Crippen molar-refractivity contribution in [3.63, 3.8) is 0 Å². The lowest BCUT2D eigenvalue weighted by atomic mass is 10.1. The number of phenols is 1. The maximum Gasteiger partial charge on any atom is 0.254 e. The first kappa shape index (κ1) is 19.0. The molecule has 1 aromatic carbocycles. The van der Waals surface area contributed by atoms with Crippen molar-refractivity contribution in [2.75, 3.05) is 38.1 Å². The third kappa shape index (κ3) is 4.58. The summed E-state index contributed by atoms with van der Waals surface area (Å²) in [6.07, 6.45) is 1.97. The summed E-state index contributed by atoms with van der Waals surface area (Å²) >= 11 is 0. The summed E-state index contributed by atoms with van der Waals surface area (Å²) in [5.74, 6) is -0.709. The van der Waals surface area contributed by atoms with Gasteiger partial charge in [0.2, 0.25) is 5.91 Å². The van der Waals surface area contributed by atoms with Crippen molar-refractivity contribution in [1.29, 1.82) is 0 Å². The third-order valence-electron chi connectivity index (χ3n) is 4.49. The normalized spacial score (nSPS) is 16.3. The number of carbonyl (C=O) groups excluding carboxylic acids is 2. The van der Waals surface area contributed by atoms with Gasteiger partial charge in [-0.05, 0) is 30.7 Å². The zero-order valence-corrected chi connectivity index (χ0v) is 14.4. The monoisotopic (exact) mass is 347 g/mol. The lowest BCUT2D eigenvalue weighted by Crippen LogP contribution is -2.52. The van der Waals surface area contributed by atoms with Crippen LogP contribution in [0.4, 0.5) is 5.69 Å². The van der Waals surface area contributed by atoms with E-state index in [1.807, 2.05) is 6.92 Å². The fraction of sp³-hybridized carbons (Fsp3) is 0.444. The molecule has 3 N–H and O–H groups in total. The molecular weight excluding hydrogens is 322 g/mol. The summed E-state index contributed by atoms with van der Waals surface area (Å²) in [6.45, 7) is 8.09. The molecule has 0 aromatic heterocycles. The molecule has 2 rings (SSSR count). The van der Waals surface area contributed by atoms with Crippen molar-refractivity contribution in [3.8, 4) is 5.75 Å². The first-order valence-electron chi connectivity index (χ1n) is 8.40. The van der Waals surface area contributed by atoms with E-state index in [0.29, 0.717) is 31.7 Å². The second-order valence-electron chi connectivity index (χ2n) is 6.00. The molecule has 1 aromatic rings. The molecule has 0 aliphatic carbocycles. The molecule has 1 aliphatic heterocycles. The quantitative estimate of drug-likeness (QED) is 0.528. The first-order chi connectivity index (χ1) is 12.0. The van der Waals surface area contributed by atoms with Crippen LogP contribution in [0.25, 0.3) is 0 Å². The number of aromatic hydroxyl groups is 1. The molecule has 1 saturated heterocycles. The lowest BCUT2D eigenvalue weighted by molar-refractivity contribution is -0.111. The van der Waals surface area contributed by atoms with Crippen molar-refractivity contribution in [3.05, 3.63) is 36.4 Å². The number of benzene rings is 1. The van der Waals surface area contributed by atoms with Gasteiger partial charge in [-0.25, -0.2) is 0 Å². The first-order valence-corrected chi connectivity index (χ1v) is 8.40. The van der Waals surface area contributed by atoms with E-state index >= 15 is 0 Å². The standard InChI is InChI=1S/C18H25N3O4/c1-3-14(12-22)20-7-9-21(10-8-20)18(25)13-5-6-16(23)15(11-13)19-17(24)4-2/h4-6,11,14,22-23H,2-3,7-10,12H2,1H3,(H,19,24). The Balaban J connectivity index is 2.05. The number of nitrogens with zero attached hydrogens (tertiary/aromatic N) is 2. The Morgan fingerprint density at radius 1 is 1.32 bits per heavy atom. The van der Waals surface area contributed by atoms with Gasteiger partial charge in [0.1, 0.15) is 5.75 Å². The van der Waals surface area contributed by atoms with Gasteiger partial charge in [-0.15, -0.1) is 0 Å². The van der Waals surface area contributed by atoms with Gasteiger partial charge in [-0.2, -0.15) is 0 Å². The molecule has 7 heteroatoms. The van der Waals surface area contributed by atoms with Gasteiger partial charge in [0, 0.05) is 37.8 Å². The zero-order chi connectivity index (χ0) is 18.4. The number of hydrogen-bond donors (Lipinski definition) is 3. The predicted molar refractivity (Wildman–Crippen MR) is 95.6 cm³/mol. The highest BCUT2D eigenvalue weighted by molar-refractivity contribution is 6.02. The van der Waals surface area contributed by atoms with Gasteiger partial charge in [-0.3, -0.25) is 14.5 Å². The van der Waals surface area contributed by atoms with E-state index in [4.69, 9.17) is 0 Å². The number of carbonyl (C=O) groups is 2. The summed E-state index contributed by atoms with van der Waals surface area (Å²) in [5, 5.41) is 21.7. The van der Waals surface area contributed by atoms with Crippen molar-refractivity contribution in [2.24, 2.45) is 0 Å². The van der Waals surface area contributed by atoms with Gasteiger partial charge >= 0.3 is 0 Å². The number of amides is 2. The highest BCUT2D eigenvalue weighted by Gasteiger charge is 2.26. The molecule has 0 saturated carbocycles. The number of aliphatic hydroxyl groups excluding tert-OH is 1. The van der Waals surface area contributed by atoms with Crippen LogP contribution in [0.3, 0.4) is 0 Å². The molecule has 0 spiro atoms. The van der Waals surface area contributed by atoms with Crippen molar-refractivity contribution in [1.82, 2.24) is 9.80 Å². The SMILES string of the molecule is C=CC(=O)Nc1cc(C(=O)N2CCN(C(CC)CO)CC2)ccc1O. The van der Waals surface area contributed by atoms with E-state index in [0.717, 1.165) is 12.5 Å². The average Bonchev–Trinajstić information content (AvgIpc) is 2.64. The van der Waals surface area contributed by atoms with Crippen LogP contribution in [0.15, 0.2) is 30.9 Å². The molecule has 136 valence electrons. The summed E-state index contributed by atoms with van der Waals surface area (Å²) in [4.78, 5) is 28.0. The zero-order valence-electron chi connectivity index (χ0n) is 14.4. The molecule has 2 amide bonds. The number of aliphatic hydroxyl groups is 1. The molecule has 1 fully saturated rings. The number of piperazine rings is 1. The Hall–Kier alpha value is -2.38. The van der Waals surface area contributed by atoms with Gasteiger partial charge < -0.3 is 20.4 Å². The molecule has 1 unspecified atom stereocenters. The second kappa shape index (κ2) is 8.64. The minimum Gasteiger partial charge on any atom is -0.506 e. The number of nitrogens with one attached hydrogen (secondary N) is 1. The summed E-state index contributed by atoms with van der Waals surface area (Å²) in [5.41, 5.74) is 0.584. The average molecular weight is 347 g/mol. The highest BCUT2D eigenvalue weighted by atomic mass is 16.3. The van der Waals surface area contributed by atoms with E-state index < -0.39 is 5.91 Å². The van der Waals surface area contributed by atoms with Gasteiger partial charge in [0.05, 0.1) is 12.3 Å². The van der Waals surface area contributed by atoms with Gasteiger partial charge in [0.15, 0.2) is 0 Å². The Labute approximate surface area is 147 Å². The Morgan fingerprint density at radius 2 is 2.00 bits per heavy atom. The lowest BCUT2D eigenvalue weighted by Gasteiger charge is -2.38. The molecule has 1 heterocycles. The molecule has 0 radical (unpaired) electrons. The smallest absolute Gasteiger partial charge is 0.254 e. The van der Waals surface area contributed by atoms with Gasteiger partial charge in [-0.1, -0.05) is 13.5 Å². The number of phenolic OH excluding ortho intramolecular Hbond substituents is 1. The fourth-order valence-corrected chi connectivity index (χ4v) is 2.93. The van der Waals surface area contributed by atoms with Crippen molar-refractivity contribution in [2.45, 2.75) is 19.4 Å². The Kier molecular flexibility index (Phi) is 6.55. The molecule has 1 atom stereocenters. The molecule has 0 bridgehead atoms. The maximum atomic E-state index is 12.7. The maximum absolute atomic E-state index is 12.7. The van der Waals surface area contributed by atoms with Crippen LogP contribution in [0.5, 0.6) is 5.75 Å². The van der Waals surface area contributed by atoms with E-state index in [1.54, 1.807) is 4.90 Å². The van der Waals surface area contributed by atoms with Gasteiger partial charge in [0.25, 0.3) is 5.91 Å². The molecule has 7 nitrogen and oxygen atoms in total. The van der Waals surface area contributed by atoms with Crippen LogP contribution in [-0.4, -0.2) is 70.7 Å². The number of anilines is 1. The molecular formula is C18H25N3O4. The topological polar surface area (TPSA) is 93.1 Å². The van der Waals surface area contributed by atoms with Crippen LogP contribution >= 0.6 is 0 Å². The summed E-state index contributed by atoms with van der Waals surface area (Å²) in [7, 11) is 0. The van der Waals surface area contributed by atoms with Crippen molar-refractivity contribution >= 4 is 17.5 Å². The van der Waals surface area contributed by atoms with Crippen LogP contribution in [-0.2, 0) is 4.79 Å². The third-order valence-corrected chi connectivity index (χ3v) is 4.49. The number of rotatable bonds is 6. The Bertz CT molecular complexity index is 635. The van der Waals surface area contributed by atoms with Crippen LogP contribution in [0, 0.1) is 0 Å². The summed E-state index contributed by atoms with van der Waals surface area (Å²) < 4.78 is 0. The van der Waals surface area contributed by atoms with E-state index in [2.05, 4.69) is 16.8 Å². The Morgan fingerprint density at radius 3 is 2.56 bits per heavy atom. The van der Waals surface area contributed by atoms with E-state index in [9.17, 15) is 19.8 Å². The van der Waals surface area contributed by atoms with Crippen molar-refractivity contribution < 1.29 is 19.8 Å². The number of hydrogen-bond acceptors (Lipinski definition) is 5. The van der Waals surface area contributed by atoms with Crippen LogP contribution in [0.2, 0.25) is 0 Å².